The normalized spacial score (nSPS) is 10.5. The maximum absolute atomic E-state index is 6.21. The SMILES string of the molecule is COc1cc(OC)cc(-c2nc[nH]c2-c2ccc(OC)c(N)c2N)c1. The van der Waals surface area contributed by atoms with E-state index in [-0.39, 0.29) is 0 Å². The Bertz CT molecular complexity index is 883. The second-order valence-corrected chi connectivity index (χ2v) is 5.37. The predicted octanol–water partition coefficient (Wildman–Crippen LogP) is 2.93. The largest absolute Gasteiger partial charge is 0.497 e. The van der Waals surface area contributed by atoms with Crippen LogP contribution in [0.3, 0.4) is 0 Å². The summed E-state index contributed by atoms with van der Waals surface area (Å²) >= 11 is 0. The topological polar surface area (TPSA) is 108 Å². The minimum absolute atomic E-state index is 0.392. The number of nitrogens with one attached hydrogen (secondary N) is 1. The molecule has 0 spiro atoms. The first-order valence-electron chi connectivity index (χ1n) is 7.58. The Kier molecular flexibility index (Phi) is 4.38. The Hall–Kier alpha value is -3.35. The zero-order valence-corrected chi connectivity index (χ0v) is 14.3. The monoisotopic (exact) mass is 340 g/mol. The van der Waals surface area contributed by atoms with E-state index in [0.29, 0.717) is 34.3 Å². The molecule has 0 saturated heterocycles. The average molecular weight is 340 g/mol. The van der Waals surface area contributed by atoms with Crippen LogP contribution >= 0.6 is 0 Å². The van der Waals surface area contributed by atoms with Gasteiger partial charge in [-0.05, 0) is 24.3 Å². The number of nitrogens with zero attached hydrogens (tertiary/aromatic N) is 1. The van der Waals surface area contributed by atoms with Gasteiger partial charge in [0.2, 0.25) is 0 Å². The lowest BCUT2D eigenvalue weighted by Crippen LogP contribution is -2.01. The highest BCUT2D eigenvalue weighted by molar-refractivity contribution is 5.91. The lowest BCUT2D eigenvalue weighted by Gasteiger charge is -2.13. The zero-order chi connectivity index (χ0) is 18.0. The molecule has 0 saturated carbocycles. The van der Waals surface area contributed by atoms with Gasteiger partial charge in [-0.1, -0.05) is 0 Å². The molecule has 0 radical (unpaired) electrons. The van der Waals surface area contributed by atoms with Crippen molar-refractivity contribution in [1.82, 2.24) is 9.97 Å². The Morgan fingerprint density at radius 2 is 1.56 bits per heavy atom. The third-order valence-corrected chi connectivity index (χ3v) is 4.00. The van der Waals surface area contributed by atoms with Crippen LogP contribution in [0.2, 0.25) is 0 Å². The molecule has 7 heteroatoms. The van der Waals surface area contributed by atoms with Crippen molar-refractivity contribution >= 4 is 11.4 Å². The van der Waals surface area contributed by atoms with Gasteiger partial charge >= 0.3 is 0 Å². The highest BCUT2D eigenvalue weighted by Gasteiger charge is 2.17. The Morgan fingerprint density at radius 3 is 2.16 bits per heavy atom. The van der Waals surface area contributed by atoms with E-state index >= 15 is 0 Å². The summed E-state index contributed by atoms with van der Waals surface area (Å²) in [4.78, 5) is 7.56. The minimum atomic E-state index is 0.392. The number of imidazole rings is 1. The Balaban J connectivity index is 2.15. The van der Waals surface area contributed by atoms with E-state index in [0.717, 1.165) is 16.8 Å². The fourth-order valence-electron chi connectivity index (χ4n) is 2.68. The molecule has 1 heterocycles. The summed E-state index contributed by atoms with van der Waals surface area (Å²) < 4.78 is 15.9. The van der Waals surface area contributed by atoms with Crippen molar-refractivity contribution in [1.29, 1.82) is 0 Å². The van der Waals surface area contributed by atoms with Crippen molar-refractivity contribution in [3.05, 3.63) is 36.7 Å². The van der Waals surface area contributed by atoms with Gasteiger partial charge in [0.05, 0.1) is 50.4 Å². The van der Waals surface area contributed by atoms with Gasteiger partial charge in [-0.2, -0.15) is 0 Å². The number of nitrogen functional groups attached to an aromatic ring is 2. The van der Waals surface area contributed by atoms with E-state index in [9.17, 15) is 0 Å². The fourth-order valence-corrected chi connectivity index (χ4v) is 2.68. The van der Waals surface area contributed by atoms with Crippen LogP contribution in [0.5, 0.6) is 17.2 Å². The van der Waals surface area contributed by atoms with Gasteiger partial charge in [0.25, 0.3) is 0 Å². The van der Waals surface area contributed by atoms with Gasteiger partial charge in [0, 0.05) is 17.2 Å². The molecule has 2 aromatic carbocycles. The average Bonchev–Trinajstić information content (AvgIpc) is 3.13. The molecule has 0 fully saturated rings. The van der Waals surface area contributed by atoms with E-state index in [4.69, 9.17) is 25.7 Å². The number of hydrogen-bond donors (Lipinski definition) is 3. The molecule has 1 aromatic heterocycles. The van der Waals surface area contributed by atoms with Crippen LogP contribution in [0.15, 0.2) is 36.7 Å². The number of aromatic nitrogens is 2. The van der Waals surface area contributed by atoms with Crippen LogP contribution in [-0.2, 0) is 0 Å². The highest BCUT2D eigenvalue weighted by Crippen LogP contribution is 2.40. The summed E-state index contributed by atoms with van der Waals surface area (Å²) in [6.07, 6.45) is 1.61. The van der Waals surface area contributed by atoms with Crippen molar-refractivity contribution in [2.45, 2.75) is 0 Å². The number of methoxy groups -OCH3 is 3. The molecule has 0 aliphatic carbocycles. The first kappa shape index (κ1) is 16.5. The molecule has 0 bridgehead atoms. The van der Waals surface area contributed by atoms with E-state index < -0.39 is 0 Å². The van der Waals surface area contributed by atoms with Gasteiger partial charge in [-0.25, -0.2) is 4.98 Å². The Morgan fingerprint density at radius 1 is 0.880 bits per heavy atom. The van der Waals surface area contributed by atoms with Crippen molar-refractivity contribution in [2.24, 2.45) is 0 Å². The van der Waals surface area contributed by atoms with Crippen LogP contribution in [0, 0.1) is 0 Å². The number of ether oxygens (including phenoxy) is 3. The molecule has 5 N–H and O–H groups in total. The molecule has 0 atom stereocenters. The molecule has 0 amide bonds. The minimum Gasteiger partial charge on any atom is -0.497 e. The van der Waals surface area contributed by atoms with Crippen LogP contribution in [0.25, 0.3) is 22.5 Å². The molecule has 0 aliphatic heterocycles. The van der Waals surface area contributed by atoms with E-state index in [1.54, 1.807) is 39.8 Å². The molecule has 3 aromatic rings. The number of H-pyrrole nitrogens is 1. The molecule has 0 aliphatic rings. The van der Waals surface area contributed by atoms with Gasteiger partial charge in [0.15, 0.2) is 0 Å². The van der Waals surface area contributed by atoms with Gasteiger partial charge < -0.3 is 30.7 Å². The van der Waals surface area contributed by atoms with Crippen molar-refractivity contribution in [2.75, 3.05) is 32.8 Å². The van der Waals surface area contributed by atoms with Gasteiger partial charge in [-0.3, -0.25) is 0 Å². The summed E-state index contributed by atoms with van der Waals surface area (Å²) in [7, 11) is 4.76. The zero-order valence-electron chi connectivity index (χ0n) is 14.3. The fraction of sp³-hybridized carbons (Fsp3) is 0.167. The number of rotatable bonds is 5. The number of aromatic amines is 1. The third-order valence-electron chi connectivity index (χ3n) is 4.00. The molecule has 130 valence electrons. The standard InChI is InChI=1S/C18H20N4O3/c1-23-11-6-10(7-12(8-11)24-2)17-18(22-9-21-17)13-4-5-14(25-3)16(20)15(13)19/h4-9H,19-20H2,1-3H3,(H,21,22). The molecule has 25 heavy (non-hydrogen) atoms. The maximum atomic E-state index is 6.21. The highest BCUT2D eigenvalue weighted by atomic mass is 16.5. The number of benzene rings is 2. The molecule has 3 rings (SSSR count). The quantitative estimate of drug-likeness (QED) is 0.616. The summed E-state index contributed by atoms with van der Waals surface area (Å²) in [5, 5.41) is 0. The molecule has 7 nitrogen and oxygen atoms in total. The van der Waals surface area contributed by atoms with Crippen LogP contribution < -0.4 is 25.7 Å². The Labute approximate surface area is 145 Å². The van der Waals surface area contributed by atoms with Crippen molar-refractivity contribution < 1.29 is 14.2 Å². The smallest absolute Gasteiger partial charge is 0.143 e. The molecule has 0 unspecified atom stereocenters. The summed E-state index contributed by atoms with van der Waals surface area (Å²) in [6, 6.07) is 9.18. The summed E-state index contributed by atoms with van der Waals surface area (Å²) in [5.41, 5.74) is 16.1. The van der Waals surface area contributed by atoms with E-state index in [1.807, 2.05) is 18.2 Å². The van der Waals surface area contributed by atoms with Crippen LogP contribution in [0.4, 0.5) is 11.4 Å². The number of hydrogen-bond acceptors (Lipinski definition) is 6. The number of nitrogens with two attached hydrogens (primary N) is 2. The number of anilines is 2. The predicted molar refractivity (Wildman–Crippen MR) is 97.9 cm³/mol. The van der Waals surface area contributed by atoms with Gasteiger partial charge in [0.1, 0.15) is 17.2 Å². The van der Waals surface area contributed by atoms with Crippen molar-refractivity contribution in [3.8, 4) is 39.8 Å². The molecular weight excluding hydrogens is 320 g/mol. The first-order valence-corrected chi connectivity index (χ1v) is 7.58. The van der Waals surface area contributed by atoms with E-state index in [1.165, 1.54) is 0 Å². The lowest BCUT2D eigenvalue weighted by atomic mass is 10.0. The van der Waals surface area contributed by atoms with Crippen LogP contribution in [-0.4, -0.2) is 31.3 Å². The first-order chi connectivity index (χ1) is 12.1. The van der Waals surface area contributed by atoms with Crippen LogP contribution in [0.1, 0.15) is 0 Å². The maximum Gasteiger partial charge on any atom is 0.143 e. The lowest BCUT2D eigenvalue weighted by molar-refractivity contribution is 0.394. The van der Waals surface area contributed by atoms with Gasteiger partial charge in [-0.15, -0.1) is 0 Å². The third kappa shape index (κ3) is 2.91. The summed E-state index contributed by atoms with van der Waals surface area (Å²) in [5.74, 6) is 1.88. The second kappa shape index (κ2) is 6.64. The molecular formula is C18H20N4O3. The second-order valence-electron chi connectivity index (χ2n) is 5.37. The van der Waals surface area contributed by atoms with E-state index in [2.05, 4.69) is 9.97 Å². The summed E-state index contributed by atoms with van der Waals surface area (Å²) in [6.45, 7) is 0. The van der Waals surface area contributed by atoms with Crippen molar-refractivity contribution in [3.63, 3.8) is 0 Å².